The number of aliphatic hydroxyl groups is 1. The SMILES string of the molecule is COc1ccc([C@@H]2/C(=C(\O)c3ccc4c(c3)C[C@H](C)O4)C(=O)C(=O)N2Cc2ccccc2)cc1OC. The standard InChI is InChI=1S/C29H27NO6/c1-17-13-21-14-20(10-11-22(21)36-17)27(31)25-26(19-9-12-23(34-2)24(15-19)35-3)30(29(33)28(25)32)16-18-7-5-4-6-8-18/h4-12,14-15,17,26,31H,13,16H2,1-3H3/b27-25+/t17-,26+/m0/s1. The van der Waals surface area contributed by atoms with E-state index in [0.717, 1.165) is 16.9 Å². The third-order valence-electron chi connectivity index (χ3n) is 6.63. The predicted octanol–water partition coefficient (Wildman–Crippen LogP) is 4.65. The number of rotatable bonds is 6. The molecule has 0 unspecified atom stereocenters. The van der Waals surface area contributed by atoms with Gasteiger partial charge in [0, 0.05) is 18.5 Å². The summed E-state index contributed by atoms with van der Waals surface area (Å²) in [4.78, 5) is 28.2. The molecule has 2 atom stereocenters. The van der Waals surface area contributed by atoms with Crippen LogP contribution in [0.2, 0.25) is 0 Å². The number of ether oxygens (including phenoxy) is 3. The van der Waals surface area contributed by atoms with Gasteiger partial charge in [-0.25, -0.2) is 0 Å². The molecule has 0 spiro atoms. The minimum Gasteiger partial charge on any atom is -0.507 e. The quantitative estimate of drug-likeness (QED) is 0.311. The van der Waals surface area contributed by atoms with Crippen molar-refractivity contribution >= 4 is 17.4 Å². The lowest BCUT2D eigenvalue weighted by molar-refractivity contribution is -0.140. The van der Waals surface area contributed by atoms with Gasteiger partial charge in [0.1, 0.15) is 17.6 Å². The minimum absolute atomic E-state index is 0.0371. The van der Waals surface area contributed by atoms with Crippen LogP contribution >= 0.6 is 0 Å². The molecule has 3 aromatic rings. The Morgan fingerprint density at radius 1 is 1.00 bits per heavy atom. The second-order valence-electron chi connectivity index (χ2n) is 8.98. The Morgan fingerprint density at radius 2 is 1.75 bits per heavy atom. The van der Waals surface area contributed by atoms with Crippen LogP contribution in [0.25, 0.3) is 5.76 Å². The van der Waals surface area contributed by atoms with Gasteiger partial charge in [-0.2, -0.15) is 0 Å². The summed E-state index contributed by atoms with van der Waals surface area (Å²) in [6, 6.07) is 19.2. The van der Waals surface area contributed by atoms with E-state index in [1.807, 2.05) is 43.3 Å². The number of aliphatic hydroxyl groups excluding tert-OH is 1. The van der Waals surface area contributed by atoms with Crippen molar-refractivity contribution in [2.24, 2.45) is 0 Å². The van der Waals surface area contributed by atoms with Crippen LogP contribution in [0.4, 0.5) is 0 Å². The highest BCUT2D eigenvalue weighted by molar-refractivity contribution is 6.46. The van der Waals surface area contributed by atoms with E-state index in [0.29, 0.717) is 29.0 Å². The molecular weight excluding hydrogens is 458 g/mol. The van der Waals surface area contributed by atoms with Gasteiger partial charge in [0.15, 0.2) is 11.5 Å². The smallest absolute Gasteiger partial charge is 0.295 e. The first-order valence-electron chi connectivity index (χ1n) is 11.8. The number of likely N-dealkylation sites (tertiary alicyclic amines) is 1. The van der Waals surface area contributed by atoms with Crippen LogP contribution < -0.4 is 14.2 Å². The topological polar surface area (TPSA) is 85.3 Å². The number of methoxy groups -OCH3 is 2. The minimum atomic E-state index is -0.812. The van der Waals surface area contributed by atoms with Crippen molar-refractivity contribution in [3.05, 3.63) is 94.6 Å². The number of Topliss-reactive ketones (excluding diaryl/α,β-unsaturated/α-hetero) is 1. The van der Waals surface area contributed by atoms with Crippen molar-refractivity contribution < 1.29 is 28.9 Å². The van der Waals surface area contributed by atoms with Gasteiger partial charge >= 0.3 is 0 Å². The van der Waals surface area contributed by atoms with Crippen molar-refractivity contribution in [3.8, 4) is 17.2 Å². The molecular formula is C29H27NO6. The summed E-state index contributed by atoms with van der Waals surface area (Å²) in [5.41, 5.74) is 2.95. The zero-order valence-corrected chi connectivity index (χ0v) is 20.4. The molecule has 1 saturated heterocycles. The molecule has 5 rings (SSSR count). The van der Waals surface area contributed by atoms with Crippen LogP contribution in [0.1, 0.15) is 35.2 Å². The lowest BCUT2D eigenvalue weighted by Gasteiger charge is -2.26. The molecule has 0 aromatic heterocycles. The van der Waals surface area contributed by atoms with Crippen LogP contribution in [-0.4, -0.2) is 42.0 Å². The molecule has 1 fully saturated rings. The molecule has 1 N–H and O–H groups in total. The number of hydrogen-bond acceptors (Lipinski definition) is 6. The first-order valence-corrected chi connectivity index (χ1v) is 11.8. The maximum absolute atomic E-state index is 13.4. The van der Waals surface area contributed by atoms with Crippen molar-refractivity contribution in [2.45, 2.75) is 32.0 Å². The largest absolute Gasteiger partial charge is 0.507 e. The lowest BCUT2D eigenvalue weighted by Crippen LogP contribution is -2.29. The molecule has 2 heterocycles. The molecule has 36 heavy (non-hydrogen) atoms. The van der Waals surface area contributed by atoms with Gasteiger partial charge < -0.3 is 24.2 Å². The summed E-state index contributed by atoms with van der Waals surface area (Å²) in [6.07, 6.45) is 0.748. The summed E-state index contributed by atoms with van der Waals surface area (Å²) in [5.74, 6) is 0.135. The third kappa shape index (κ3) is 4.06. The van der Waals surface area contributed by atoms with E-state index in [9.17, 15) is 14.7 Å². The zero-order valence-electron chi connectivity index (χ0n) is 20.4. The number of hydrogen-bond donors (Lipinski definition) is 1. The molecule has 0 aliphatic carbocycles. The third-order valence-corrected chi connectivity index (χ3v) is 6.63. The van der Waals surface area contributed by atoms with Gasteiger partial charge in [0.05, 0.1) is 25.8 Å². The molecule has 0 radical (unpaired) electrons. The fourth-order valence-electron chi connectivity index (χ4n) is 4.92. The Balaban J connectivity index is 1.65. The number of fused-ring (bicyclic) bond motifs is 1. The maximum atomic E-state index is 13.4. The monoisotopic (exact) mass is 485 g/mol. The number of nitrogens with zero attached hydrogens (tertiary/aromatic N) is 1. The van der Waals surface area contributed by atoms with Crippen LogP contribution in [0.3, 0.4) is 0 Å². The summed E-state index contributed by atoms with van der Waals surface area (Å²) in [6.45, 7) is 2.18. The van der Waals surface area contributed by atoms with Gasteiger partial charge in [-0.3, -0.25) is 9.59 Å². The van der Waals surface area contributed by atoms with Gasteiger partial charge in [-0.05, 0) is 53.9 Å². The van der Waals surface area contributed by atoms with E-state index in [1.165, 1.54) is 19.1 Å². The van der Waals surface area contributed by atoms with Crippen LogP contribution in [0.5, 0.6) is 17.2 Å². The molecule has 7 heteroatoms. The zero-order chi connectivity index (χ0) is 25.4. The highest BCUT2D eigenvalue weighted by Gasteiger charge is 2.46. The first kappa shape index (κ1) is 23.5. The molecule has 7 nitrogen and oxygen atoms in total. The Bertz CT molecular complexity index is 1360. The first-order chi connectivity index (χ1) is 17.4. The second kappa shape index (κ2) is 9.41. The van der Waals surface area contributed by atoms with Crippen molar-refractivity contribution in [2.75, 3.05) is 14.2 Å². The fourth-order valence-corrected chi connectivity index (χ4v) is 4.92. The number of carbonyl (C=O) groups is 2. The summed E-state index contributed by atoms with van der Waals surface area (Å²) >= 11 is 0. The van der Waals surface area contributed by atoms with Gasteiger partial charge in [0.25, 0.3) is 11.7 Å². The highest BCUT2D eigenvalue weighted by Crippen LogP contribution is 2.43. The molecule has 2 aliphatic rings. The normalized spacial score (nSPS) is 20.2. The van der Waals surface area contributed by atoms with Crippen LogP contribution in [0.15, 0.2) is 72.3 Å². The van der Waals surface area contributed by atoms with E-state index in [2.05, 4.69) is 0 Å². The van der Waals surface area contributed by atoms with Crippen LogP contribution in [0, 0.1) is 0 Å². The van der Waals surface area contributed by atoms with Gasteiger partial charge in [-0.1, -0.05) is 36.4 Å². The maximum Gasteiger partial charge on any atom is 0.295 e. The van der Waals surface area contributed by atoms with Crippen molar-refractivity contribution in [1.29, 1.82) is 0 Å². The van der Waals surface area contributed by atoms with E-state index >= 15 is 0 Å². The summed E-state index contributed by atoms with van der Waals surface area (Å²) in [7, 11) is 3.06. The molecule has 3 aromatic carbocycles. The van der Waals surface area contributed by atoms with Crippen LogP contribution in [-0.2, 0) is 22.6 Å². The number of carbonyl (C=O) groups excluding carboxylic acids is 2. The van der Waals surface area contributed by atoms with Crippen molar-refractivity contribution in [1.82, 2.24) is 4.90 Å². The average Bonchev–Trinajstić information content (AvgIpc) is 3.39. The molecule has 2 aliphatic heterocycles. The summed E-state index contributed by atoms with van der Waals surface area (Å²) in [5, 5.41) is 11.4. The molecule has 0 saturated carbocycles. The van der Waals surface area contributed by atoms with Crippen molar-refractivity contribution in [3.63, 3.8) is 0 Å². The molecule has 0 bridgehead atoms. The second-order valence-corrected chi connectivity index (χ2v) is 8.98. The van der Waals surface area contributed by atoms with E-state index in [-0.39, 0.29) is 24.0 Å². The van der Waals surface area contributed by atoms with E-state index in [1.54, 1.807) is 30.3 Å². The molecule has 184 valence electrons. The predicted molar refractivity (Wildman–Crippen MR) is 134 cm³/mol. The summed E-state index contributed by atoms with van der Waals surface area (Å²) < 4.78 is 16.6. The number of benzene rings is 3. The Kier molecular flexibility index (Phi) is 6.14. The average molecular weight is 486 g/mol. The van der Waals surface area contributed by atoms with E-state index in [4.69, 9.17) is 14.2 Å². The Hall–Kier alpha value is -4.26. The number of ketones is 1. The highest BCUT2D eigenvalue weighted by atomic mass is 16.5. The van der Waals surface area contributed by atoms with Gasteiger partial charge in [0.2, 0.25) is 0 Å². The Labute approximate surface area is 209 Å². The van der Waals surface area contributed by atoms with E-state index < -0.39 is 17.7 Å². The van der Waals surface area contributed by atoms with Gasteiger partial charge in [-0.15, -0.1) is 0 Å². The lowest BCUT2D eigenvalue weighted by atomic mass is 9.94. The fraction of sp³-hybridized carbons (Fsp3) is 0.241. The number of amides is 1. The molecule has 1 amide bonds. The Morgan fingerprint density at radius 3 is 2.47 bits per heavy atom.